The summed E-state index contributed by atoms with van der Waals surface area (Å²) in [5.74, 6) is 2.48. The van der Waals surface area contributed by atoms with E-state index < -0.39 is 0 Å². The van der Waals surface area contributed by atoms with Crippen molar-refractivity contribution >= 4 is 50.6 Å². The van der Waals surface area contributed by atoms with Gasteiger partial charge in [-0.1, -0.05) is 31.7 Å². The lowest BCUT2D eigenvalue weighted by atomic mass is 9.89. The van der Waals surface area contributed by atoms with Gasteiger partial charge in [0.25, 0.3) is 0 Å². The number of hydrogen-bond acceptors (Lipinski definition) is 7. The van der Waals surface area contributed by atoms with Gasteiger partial charge in [0.05, 0.1) is 18.2 Å². The molecule has 4 aromatic rings. The first-order valence-corrected chi connectivity index (χ1v) is 12.6. The fraction of sp³-hybridized carbons (Fsp3) is 0.391. The van der Waals surface area contributed by atoms with Crippen molar-refractivity contribution in [1.29, 1.82) is 0 Å². The van der Waals surface area contributed by atoms with Gasteiger partial charge in [-0.3, -0.25) is 9.20 Å². The maximum atomic E-state index is 12.5. The molecule has 1 N–H and O–H groups in total. The number of amides is 1. The first kappa shape index (κ1) is 21.2. The minimum absolute atomic E-state index is 0.103. The number of ether oxygens (including phenoxy) is 1. The summed E-state index contributed by atoms with van der Waals surface area (Å²) >= 11 is 3.19. The van der Waals surface area contributed by atoms with Crippen molar-refractivity contribution in [3.63, 3.8) is 0 Å². The highest BCUT2D eigenvalue weighted by molar-refractivity contribution is 7.99. The summed E-state index contributed by atoms with van der Waals surface area (Å²) < 4.78 is 7.26. The quantitative estimate of drug-likeness (QED) is 0.412. The molecule has 0 saturated carbocycles. The van der Waals surface area contributed by atoms with Gasteiger partial charge in [-0.25, -0.2) is 4.98 Å². The Labute approximate surface area is 194 Å². The second kappa shape index (κ2) is 8.71. The molecule has 1 unspecified atom stereocenters. The molecule has 3 aromatic heterocycles. The number of carbonyl (C=O) groups is 1. The van der Waals surface area contributed by atoms with Gasteiger partial charge in [0.15, 0.2) is 10.8 Å². The minimum Gasteiger partial charge on any atom is -0.497 e. The number of thioether (sulfide) groups is 1. The largest absolute Gasteiger partial charge is 0.497 e. The smallest absolute Gasteiger partial charge is 0.234 e. The highest BCUT2D eigenvalue weighted by Crippen LogP contribution is 2.39. The van der Waals surface area contributed by atoms with Crippen LogP contribution >= 0.6 is 23.1 Å². The molecular weight excluding hydrogens is 442 g/mol. The van der Waals surface area contributed by atoms with Crippen molar-refractivity contribution in [2.45, 2.75) is 44.7 Å². The van der Waals surface area contributed by atoms with Crippen molar-refractivity contribution in [3.05, 3.63) is 40.5 Å². The highest BCUT2D eigenvalue weighted by Gasteiger charge is 2.25. The second-order valence-electron chi connectivity index (χ2n) is 8.12. The van der Waals surface area contributed by atoms with E-state index in [1.165, 1.54) is 28.6 Å². The number of aryl methyl sites for hydroxylation is 2. The molecule has 5 rings (SSSR count). The van der Waals surface area contributed by atoms with Gasteiger partial charge in [-0.15, -0.1) is 21.5 Å². The average Bonchev–Trinajstić information content (AvgIpc) is 3.37. The molecule has 0 saturated heterocycles. The third-order valence-electron chi connectivity index (χ3n) is 5.84. The Kier molecular flexibility index (Phi) is 5.77. The Morgan fingerprint density at radius 1 is 1.38 bits per heavy atom. The zero-order chi connectivity index (χ0) is 22.2. The Hall–Kier alpha value is -2.65. The third kappa shape index (κ3) is 3.84. The van der Waals surface area contributed by atoms with Crippen molar-refractivity contribution in [2.75, 3.05) is 18.2 Å². The molecule has 1 aliphatic rings. The Bertz CT molecular complexity index is 1310. The first-order valence-electron chi connectivity index (χ1n) is 10.8. The van der Waals surface area contributed by atoms with Crippen LogP contribution in [0.5, 0.6) is 5.75 Å². The van der Waals surface area contributed by atoms with Gasteiger partial charge in [0, 0.05) is 23.1 Å². The van der Waals surface area contributed by atoms with E-state index in [1.807, 2.05) is 22.6 Å². The number of anilines is 1. The summed E-state index contributed by atoms with van der Waals surface area (Å²) in [6.45, 7) is 4.41. The number of aromatic nitrogens is 4. The lowest BCUT2D eigenvalue weighted by Crippen LogP contribution is -2.14. The van der Waals surface area contributed by atoms with E-state index in [2.05, 4.69) is 29.4 Å². The topological polar surface area (TPSA) is 81.4 Å². The molecule has 1 aromatic carbocycles. The van der Waals surface area contributed by atoms with Crippen LogP contribution in [-0.4, -0.2) is 38.4 Å². The molecule has 0 radical (unpaired) electrons. The van der Waals surface area contributed by atoms with Crippen LogP contribution in [0.15, 0.2) is 29.4 Å². The number of nitrogens with one attached hydrogen (secondary N) is 1. The van der Waals surface area contributed by atoms with Crippen molar-refractivity contribution in [2.24, 2.45) is 5.92 Å². The summed E-state index contributed by atoms with van der Waals surface area (Å²) in [5, 5.41) is 13.8. The highest BCUT2D eigenvalue weighted by atomic mass is 32.2. The molecule has 7 nitrogen and oxygen atoms in total. The molecule has 0 aliphatic heterocycles. The van der Waals surface area contributed by atoms with Crippen LogP contribution in [0, 0.1) is 5.92 Å². The van der Waals surface area contributed by atoms with E-state index in [0.29, 0.717) is 22.5 Å². The Morgan fingerprint density at radius 3 is 3.06 bits per heavy atom. The molecule has 32 heavy (non-hydrogen) atoms. The Morgan fingerprint density at radius 2 is 2.25 bits per heavy atom. The van der Waals surface area contributed by atoms with Crippen LogP contribution < -0.4 is 10.1 Å². The van der Waals surface area contributed by atoms with Crippen LogP contribution in [0.2, 0.25) is 0 Å². The molecule has 0 bridgehead atoms. The van der Waals surface area contributed by atoms with Gasteiger partial charge in [-0.2, -0.15) is 0 Å². The summed E-state index contributed by atoms with van der Waals surface area (Å²) in [5.41, 5.74) is 2.97. The molecule has 0 spiro atoms. The molecule has 9 heteroatoms. The predicted octanol–water partition coefficient (Wildman–Crippen LogP) is 4.77. The number of thiophene rings is 1. The number of fused-ring (bicyclic) bond motifs is 5. The number of benzene rings is 1. The molecular formula is C23H25N5O2S2. The molecule has 1 atom stereocenters. The number of hydrogen-bond donors (Lipinski definition) is 1. The molecule has 166 valence electrons. The van der Waals surface area contributed by atoms with Crippen molar-refractivity contribution in [1.82, 2.24) is 19.6 Å². The Balaban J connectivity index is 1.43. The zero-order valence-electron chi connectivity index (χ0n) is 18.3. The zero-order valence-corrected chi connectivity index (χ0v) is 20.0. The van der Waals surface area contributed by atoms with Gasteiger partial charge in [-0.05, 0) is 42.9 Å². The van der Waals surface area contributed by atoms with Crippen LogP contribution in [0.1, 0.15) is 36.5 Å². The maximum absolute atomic E-state index is 12.5. The monoisotopic (exact) mass is 467 g/mol. The van der Waals surface area contributed by atoms with Gasteiger partial charge >= 0.3 is 0 Å². The molecule has 1 amide bonds. The predicted molar refractivity (Wildman–Crippen MR) is 129 cm³/mol. The number of methoxy groups -OCH3 is 1. The fourth-order valence-electron chi connectivity index (χ4n) is 4.24. The van der Waals surface area contributed by atoms with Crippen molar-refractivity contribution < 1.29 is 9.53 Å². The van der Waals surface area contributed by atoms with E-state index >= 15 is 0 Å². The van der Waals surface area contributed by atoms with E-state index in [1.54, 1.807) is 24.5 Å². The number of nitrogens with zero attached hydrogens (tertiary/aromatic N) is 4. The summed E-state index contributed by atoms with van der Waals surface area (Å²) in [6, 6.07) is 7.33. The van der Waals surface area contributed by atoms with Gasteiger partial charge < -0.3 is 10.1 Å². The molecule has 1 aliphatic carbocycles. The van der Waals surface area contributed by atoms with Crippen LogP contribution in [0.4, 0.5) is 5.69 Å². The van der Waals surface area contributed by atoms with E-state index in [-0.39, 0.29) is 11.7 Å². The first-order chi connectivity index (χ1) is 15.6. The minimum atomic E-state index is -0.103. The lowest BCUT2D eigenvalue weighted by molar-refractivity contribution is -0.113. The van der Waals surface area contributed by atoms with E-state index in [4.69, 9.17) is 9.72 Å². The van der Waals surface area contributed by atoms with Gasteiger partial charge in [0.2, 0.25) is 5.91 Å². The molecule has 0 fully saturated rings. The maximum Gasteiger partial charge on any atom is 0.234 e. The summed E-state index contributed by atoms with van der Waals surface area (Å²) in [7, 11) is 1.61. The normalized spacial score (nSPS) is 15.8. The van der Waals surface area contributed by atoms with Crippen LogP contribution in [0.3, 0.4) is 0 Å². The standard InChI is InChI=1S/C23H25N5O2S2/c1-4-18-25-22-20(16-9-8-13(2)10-17(16)32-22)21-26-27-23(28(18)21)31-12-19(29)24-14-6-5-7-15(11-14)30-3/h5-7,11,13H,4,8-10,12H2,1-3H3,(H,24,29). The average molecular weight is 468 g/mol. The van der Waals surface area contributed by atoms with Crippen LogP contribution in [0.25, 0.3) is 15.9 Å². The molecule has 3 heterocycles. The SMILES string of the molecule is CCc1nc2sc3c(c2c2nnc(SCC(=O)Nc4cccc(OC)c4)n12)CCC(C)C3. The van der Waals surface area contributed by atoms with E-state index in [9.17, 15) is 4.79 Å². The van der Waals surface area contributed by atoms with Crippen LogP contribution in [-0.2, 0) is 24.1 Å². The number of carbonyl (C=O) groups excluding carboxylic acids is 1. The van der Waals surface area contributed by atoms with Crippen molar-refractivity contribution in [3.8, 4) is 5.75 Å². The summed E-state index contributed by atoms with van der Waals surface area (Å²) in [6.07, 6.45) is 4.15. The van der Waals surface area contributed by atoms with Gasteiger partial charge in [0.1, 0.15) is 16.4 Å². The third-order valence-corrected chi connectivity index (χ3v) is 7.92. The fourth-order valence-corrected chi connectivity index (χ4v) is 6.38. The van der Waals surface area contributed by atoms with E-state index in [0.717, 1.165) is 41.0 Å². The lowest BCUT2D eigenvalue weighted by Gasteiger charge is -2.17. The number of rotatable bonds is 6. The summed E-state index contributed by atoms with van der Waals surface area (Å²) in [4.78, 5) is 20.0. The second-order valence-corrected chi connectivity index (χ2v) is 10.2.